The zero-order chi connectivity index (χ0) is 29.9. The third-order valence-electron chi connectivity index (χ3n) is 8.60. The minimum atomic E-state index is -0.289. The fraction of sp³-hybridized carbons (Fsp3) is 0.389. The number of likely N-dealkylation sites (tertiary alicyclic amines) is 1. The van der Waals surface area contributed by atoms with E-state index >= 15 is 0 Å². The SMILES string of the molecule is O=C(/C=C/c1ccc(Cl)cc1)NC[C@H]1CCN(CC(c2ccccc2)c2ccccc2)C(=O)[C@@H](CCN2CCCCC2)N1. The molecule has 2 heterocycles. The first-order chi connectivity index (χ1) is 21.0. The lowest BCUT2D eigenvalue weighted by Crippen LogP contribution is -2.50. The van der Waals surface area contributed by atoms with Gasteiger partial charge in [-0.15, -0.1) is 0 Å². The molecular formula is C36H43ClN4O2. The van der Waals surface area contributed by atoms with E-state index in [1.54, 1.807) is 12.2 Å². The van der Waals surface area contributed by atoms with E-state index in [9.17, 15) is 9.59 Å². The first-order valence-corrected chi connectivity index (χ1v) is 16.0. The highest BCUT2D eigenvalue weighted by Crippen LogP contribution is 2.27. The maximum Gasteiger partial charge on any atom is 0.244 e. The molecule has 0 saturated carbocycles. The van der Waals surface area contributed by atoms with Crippen LogP contribution in [0, 0.1) is 0 Å². The van der Waals surface area contributed by atoms with Crippen LogP contribution < -0.4 is 10.6 Å². The lowest BCUT2D eigenvalue weighted by atomic mass is 9.90. The van der Waals surface area contributed by atoms with Gasteiger partial charge >= 0.3 is 0 Å². The number of carbonyl (C=O) groups excluding carboxylic acids is 2. The maximum atomic E-state index is 14.1. The van der Waals surface area contributed by atoms with E-state index in [4.69, 9.17) is 11.6 Å². The normalized spacial score (nSPS) is 20.0. The van der Waals surface area contributed by atoms with Crippen molar-refractivity contribution in [2.75, 3.05) is 39.3 Å². The summed E-state index contributed by atoms with van der Waals surface area (Å²) in [5.41, 5.74) is 3.33. The van der Waals surface area contributed by atoms with Crippen LogP contribution in [-0.4, -0.2) is 73.0 Å². The maximum absolute atomic E-state index is 14.1. The fourth-order valence-corrected chi connectivity index (χ4v) is 6.27. The standard InChI is InChI=1S/C36H43ClN4O2/c37-31-17-14-28(15-18-31)16-19-35(42)38-26-32-20-25-41(36(43)34(39-32)21-24-40-22-8-3-9-23-40)27-33(29-10-4-1-5-11-29)30-12-6-2-7-13-30/h1-2,4-7,10-19,32-34,39H,3,8-9,20-27H2,(H,38,42)/b19-16+/t32-,34-/m1/s1. The van der Waals surface area contributed by atoms with Crippen LogP contribution in [0.2, 0.25) is 5.02 Å². The molecule has 3 aromatic rings. The van der Waals surface area contributed by atoms with Crippen molar-refractivity contribution in [3.05, 3.63) is 113 Å². The van der Waals surface area contributed by atoms with Crippen LogP contribution >= 0.6 is 11.6 Å². The average molecular weight is 599 g/mol. The van der Waals surface area contributed by atoms with E-state index in [-0.39, 0.29) is 29.8 Å². The van der Waals surface area contributed by atoms with Crippen LogP contribution in [-0.2, 0) is 9.59 Å². The largest absolute Gasteiger partial charge is 0.351 e. The molecule has 2 fully saturated rings. The smallest absolute Gasteiger partial charge is 0.244 e. The molecule has 0 aromatic heterocycles. The van der Waals surface area contributed by atoms with Crippen molar-refractivity contribution in [1.82, 2.24) is 20.4 Å². The number of amides is 2. The van der Waals surface area contributed by atoms with Crippen LogP contribution in [0.4, 0.5) is 0 Å². The summed E-state index contributed by atoms with van der Waals surface area (Å²) in [5, 5.41) is 7.37. The second-order valence-electron chi connectivity index (χ2n) is 11.7. The monoisotopic (exact) mass is 598 g/mol. The third kappa shape index (κ3) is 9.27. The molecule has 2 aliphatic heterocycles. The van der Waals surface area contributed by atoms with Gasteiger partial charge in [0.05, 0.1) is 6.04 Å². The number of piperidine rings is 1. The molecule has 2 aliphatic rings. The summed E-state index contributed by atoms with van der Waals surface area (Å²) in [6.07, 6.45) is 8.61. The number of halogens is 1. The summed E-state index contributed by atoms with van der Waals surface area (Å²) in [6.45, 7) is 4.84. The Bertz CT molecular complexity index is 1290. The summed E-state index contributed by atoms with van der Waals surface area (Å²) in [4.78, 5) is 31.3. The van der Waals surface area contributed by atoms with E-state index in [0.717, 1.165) is 38.0 Å². The van der Waals surface area contributed by atoms with Crippen molar-refractivity contribution in [1.29, 1.82) is 0 Å². The lowest BCUT2D eigenvalue weighted by molar-refractivity contribution is -0.133. The Morgan fingerprint density at radius 2 is 1.56 bits per heavy atom. The van der Waals surface area contributed by atoms with Crippen molar-refractivity contribution in [3.63, 3.8) is 0 Å². The van der Waals surface area contributed by atoms with Crippen LogP contribution in [0.3, 0.4) is 0 Å². The molecule has 0 spiro atoms. The predicted molar refractivity (Wildman–Crippen MR) is 175 cm³/mol. The van der Waals surface area contributed by atoms with Gasteiger partial charge in [-0.1, -0.05) is 90.8 Å². The summed E-state index contributed by atoms with van der Waals surface area (Å²) in [6, 6.07) is 28.0. The van der Waals surface area contributed by atoms with E-state index in [0.29, 0.717) is 24.7 Å². The van der Waals surface area contributed by atoms with Gasteiger partial charge < -0.3 is 20.4 Å². The minimum Gasteiger partial charge on any atom is -0.351 e. The van der Waals surface area contributed by atoms with Crippen molar-refractivity contribution in [2.45, 2.75) is 50.1 Å². The number of rotatable bonds is 11. The number of hydrogen-bond acceptors (Lipinski definition) is 4. The Morgan fingerprint density at radius 1 is 0.907 bits per heavy atom. The van der Waals surface area contributed by atoms with Gasteiger partial charge in [-0.3, -0.25) is 9.59 Å². The molecular weight excluding hydrogens is 556 g/mol. The number of hydrogen-bond donors (Lipinski definition) is 2. The Balaban J connectivity index is 1.28. The van der Waals surface area contributed by atoms with E-state index in [1.165, 1.54) is 30.4 Å². The Morgan fingerprint density at radius 3 is 2.21 bits per heavy atom. The van der Waals surface area contributed by atoms with Gasteiger partial charge in [0.25, 0.3) is 0 Å². The number of nitrogens with zero attached hydrogens (tertiary/aromatic N) is 2. The molecule has 43 heavy (non-hydrogen) atoms. The summed E-state index contributed by atoms with van der Waals surface area (Å²) >= 11 is 5.97. The van der Waals surface area contributed by atoms with Gasteiger partial charge in [0.15, 0.2) is 0 Å². The van der Waals surface area contributed by atoms with E-state index in [2.05, 4.69) is 69.0 Å². The molecule has 2 atom stereocenters. The fourth-order valence-electron chi connectivity index (χ4n) is 6.15. The number of carbonyl (C=O) groups is 2. The average Bonchev–Trinajstić information content (AvgIpc) is 3.20. The molecule has 226 valence electrons. The molecule has 0 unspecified atom stereocenters. The molecule has 6 nitrogen and oxygen atoms in total. The molecule has 7 heteroatoms. The zero-order valence-corrected chi connectivity index (χ0v) is 25.6. The molecule has 0 bridgehead atoms. The Hall–Kier alpha value is -3.45. The van der Waals surface area contributed by atoms with Crippen LogP contribution in [0.5, 0.6) is 0 Å². The quantitative estimate of drug-likeness (QED) is 0.277. The highest BCUT2D eigenvalue weighted by molar-refractivity contribution is 6.30. The second kappa shape index (κ2) is 15.9. The summed E-state index contributed by atoms with van der Waals surface area (Å²) in [5.74, 6) is 0.0935. The van der Waals surface area contributed by atoms with E-state index < -0.39 is 0 Å². The van der Waals surface area contributed by atoms with Crippen molar-refractivity contribution < 1.29 is 9.59 Å². The predicted octanol–water partition coefficient (Wildman–Crippen LogP) is 5.74. The first-order valence-electron chi connectivity index (χ1n) is 15.6. The number of nitrogens with one attached hydrogen (secondary N) is 2. The highest BCUT2D eigenvalue weighted by Gasteiger charge is 2.33. The summed E-state index contributed by atoms with van der Waals surface area (Å²) in [7, 11) is 0. The van der Waals surface area contributed by atoms with Gasteiger partial charge in [0, 0.05) is 49.2 Å². The Kier molecular flexibility index (Phi) is 11.4. The molecule has 0 aliphatic carbocycles. The van der Waals surface area contributed by atoms with Gasteiger partial charge in [0.2, 0.25) is 11.8 Å². The lowest BCUT2D eigenvalue weighted by Gasteiger charge is -2.31. The number of benzene rings is 3. The minimum absolute atomic E-state index is 0.0000818. The Labute approximate surface area is 261 Å². The van der Waals surface area contributed by atoms with E-state index in [1.807, 2.05) is 36.4 Å². The molecule has 3 aromatic carbocycles. The van der Waals surface area contributed by atoms with Crippen LogP contribution in [0.1, 0.15) is 54.7 Å². The molecule has 5 rings (SSSR count). The third-order valence-corrected chi connectivity index (χ3v) is 8.86. The van der Waals surface area contributed by atoms with Gasteiger partial charge in [-0.25, -0.2) is 0 Å². The van der Waals surface area contributed by atoms with Gasteiger partial charge in [-0.2, -0.15) is 0 Å². The second-order valence-corrected chi connectivity index (χ2v) is 12.1. The van der Waals surface area contributed by atoms with Gasteiger partial charge in [-0.05, 0) is 73.7 Å². The van der Waals surface area contributed by atoms with Crippen molar-refractivity contribution in [2.24, 2.45) is 0 Å². The van der Waals surface area contributed by atoms with Gasteiger partial charge in [0.1, 0.15) is 0 Å². The topological polar surface area (TPSA) is 64.7 Å². The zero-order valence-electron chi connectivity index (χ0n) is 24.8. The van der Waals surface area contributed by atoms with Crippen LogP contribution in [0.15, 0.2) is 91.0 Å². The molecule has 0 radical (unpaired) electrons. The molecule has 2 amide bonds. The first kappa shape index (κ1) is 31.0. The molecule has 2 N–H and O–H groups in total. The van der Waals surface area contributed by atoms with Crippen LogP contribution in [0.25, 0.3) is 6.08 Å². The highest BCUT2D eigenvalue weighted by atomic mass is 35.5. The summed E-state index contributed by atoms with van der Waals surface area (Å²) < 4.78 is 0. The van der Waals surface area contributed by atoms with Crippen molar-refractivity contribution >= 4 is 29.5 Å². The molecule has 2 saturated heterocycles. The van der Waals surface area contributed by atoms with Crippen molar-refractivity contribution in [3.8, 4) is 0 Å².